The van der Waals surface area contributed by atoms with Crippen LogP contribution in [0, 0.1) is 17.8 Å². The molecule has 2 amide bonds. The second kappa shape index (κ2) is 10.3. The molecule has 4 aliphatic carbocycles. The van der Waals surface area contributed by atoms with Crippen molar-refractivity contribution in [3.8, 4) is 0 Å². The Kier molecular flexibility index (Phi) is 7.19. The number of benzene rings is 1. The topological polar surface area (TPSA) is 75.7 Å². The van der Waals surface area contributed by atoms with Gasteiger partial charge in [-0.15, -0.1) is 11.8 Å². The summed E-state index contributed by atoms with van der Waals surface area (Å²) in [7, 11) is 0. The molecule has 1 saturated heterocycles. The van der Waals surface area contributed by atoms with E-state index in [1.54, 1.807) is 17.0 Å². The number of nitrogens with zero attached hydrogens (tertiary/aromatic N) is 1. The van der Waals surface area contributed by atoms with Crippen molar-refractivity contribution in [1.29, 1.82) is 0 Å². The van der Waals surface area contributed by atoms with Crippen LogP contribution in [0.3, 0.4) is 0 Å². The average Bonchev–Trinajstić information content (AvgIpc) is 3.10. The van der Waals surface area contributed by atoms with Gasteiger partial charge in [0, 0.05) is 23.5 Å². The van der Waals surface area contributed by atoms with Crippen molar-refractivity contribution in [2.45, 2.75) is 74.6 Å². The summed E-state index contributed by atoms with van der Waals surface area (Å²) < 4.78 is 5.38. The van der Waals surface area contributed by atoms with Gasteiger partial charge >= 0.3 is 5.97 Å². The largest absolute Gasteiger partial charge is 0.452 e. The van der Waals surface area contributed by atoms with E-state index in [1.807, 2.05) is 12.1 Å². The zero-order valence-corrected chi connectivity index (χ0v) is 20.7. The maximum atomic E-state index is 12.9. The van der Waals surface area contributed by atoms with Gasteiger partial charge < -0.3 is 15.0 Å². The minimum atomic E-state index is -0.507. The number of nitrogens with one attached hydrogen (secondary N) is 1. The average molecular weight is 485 g/mol. The van der Waals surface area contributed by atoms with E-state index in [4.69, 9.17) is 4.74 Å². The highest BCUT2D eigenvalue weighted by Gasteiger charge is 2.51. The third-order valence-electron chi connectivity index (χ3n) is 8.19. The molecule has 6 rings (SSSR count). The van der Waals surface area contributed by atoms with E-state index in [9.17, 15) is 14.4 Å². The summed E-state index contributed by atoms with van der Waals surface area (Å²) in [6, 6.07) is 7.19. The van der Waals surface area contributed by atoms with Crippen LogP contribution in [0.1, 0.15) is 74.6 Å². The Hall–Kier alpha value is -2.02. The van der Waals surface area contributed by atoms with Gasteiger partial charge in [-0.1, -0.05) is 25.0 Å². The van der Waals surface area contributed by atoms with E-state index >= 15 is 0 Å². The first-order valence-corrected chi connectivity index (χ1v) is 14.0. The molecule has 0 atom stereocenters. The van der Waals surface area contributed by atoms with E-state index in [0.717, 1.165) is 80.7 Å². The summed E-state index contributed by atoms with van der Waals surface area (Å²) in [6.45, 7) is 1.24. The van der Waals surface area contributed by atoms with Crippen LogP contribution >= 0.6 is 11.8 Å². The molecule has 1 N–H and O–H groups in total. The molecular weight excluding hydrogens is 448 g/mol. The second-order valence-electron chi connectivity index (χ2n) is 10.9. The zero-order chi connectivity index (χ0) is 23.5. The standard InChI is InChI=1S/C27H36N2O4S/c30-24(28-27-14-19-11-20(15-27)13-21(12-19)16-27)18-34-23-8-4-3-7-22(23)26(32)33-17-25(31)29-9-5-1-2-6-10-29/h3-4,7-8,19-21H,1-2,5-6,9-18H2,(H,28,30). The van der Waals surface area contributed by atoms with Crippen molar-refractivity contribution in [2.24, 2.45) is 17.8 Å². The van der Waals surface area contributed by atoms with Crippen LogP contribution in [0.2, 0.25) is 0 Å². The molecule has 7 heteroatoms. The molecule has 184 valence electrons. The van der Waals surface area contributed by atoms with Gasteiger partial charge in [0.1, 0.15) is 0 Å². The molecule has 5 fully saturated rings. The van der Waals surface area contributed by atoms with Crippen molar-refractivity contribution in [3.05, 3.63) is 29.8 Å². The molecule has 0 spiro atoms. The van der Waals surface area contributed by atoms with Crippen LogP contribution < -0.4 is 5.32 Å². The maximum absolute atomic E-state index is 12.9. The lowest BCUT2D eigenvalue weighted by atomic mass is 9.53. The van der Waals surface area contributed by atoms with Crippen molar-refractivity contribution in [2.75, 3.05) is 25.4 Å². The first-order valence-electron chi connectivity index (χ1n) is 13.0. The monoisotopic (exact) mass is 484 g/mol. The van der Waals surface area contributed by atoms with Gasteiger partial charge in [-0.25, -0.2) is 4.79 Å². The number of hydrogen-bond donors (Lipinski definition) is 1. The molecular formula is C27H36N2O4S. The van der Waals surface area contributed by atoms with Crippen LogP contribution in [0.4, 0.5) is 0 Å². The van der Waals surface area contributed by atoms with E-state index in [-0.39, 0.29) is 29.7 Å². The van der Waals surface area contributed by atoms with Gasteiger partial charge in [0.25, 0.3) is 5.91 Å². The maximum Gasteiger partial charge on any atom is 0.339 e. The number of carbonyl (C=O) groups excluding carboxylic acids is 3. The Labute approximate surface area is 206 Å². The highest BCUT2D eigenvalue weighted by Crippen LogP contribution is 2.55. The number of likely N-dealkylation sites (tertiary alicyclic amines) is 1. The normalized spacial score (nSPS) is 30.0. The number of esters is 1. The minimum Gasteiger partial charge on any atom is -0.452 e. The Morgan fingerprint density at radius 1 is 0.941 bits per heavy atom. The smallest absolute Gasteiger partial charge is 0.339 e. The Bertz CT molecular complexity index is 890. The Morgan fingerprint density at radius 3 is 2.21 bits per heavy atom. The number of ether oxygens (including phenoxy) is 1. The molecule has 0 aromatic heterocycles. The fourth-order valence-corrected chi connectivity index (χ4v) is 7.96. The van der Waals surface area contributed by atoms with Crippen molar-refractivity contribution in [1.82, 2.24) is 10.2 Å². The van der Waals surface area contributed by atoms with Crippen LogP contribution in [-0.4, -0.2) is 53.7 Å². The molecule has 4 saturated carbocycles. The van der Waals surface area contributed by atoms with Crippen molar-refractivity contribution < 1.29 is 19.1 Å². The van der Waals surface area contributed by atoms with Crippen LogP contribution in [0.25, 0.3) is 0 Å². The minimum absolute atomic E-state index is 0.00145. The summed E-state index contributed by atoms with van der Waals surface area (Å²) in [5.41, 5.74) is 0.414. The Balaban J connectivity index is 1.14. The summed E-state index contributed by atoms with van der Waals surface area (Å²) in [6.07, 6.45) is 11.7. The Morgan fingerprint density at radius 2 is 1.56 bits per heavy atom. The van der Waals surface area contributed by atoms with E-state index in [2.05, 4.69) is 5.32 Å². The molecule has 1 heterocycles. The molecule has 4 bridgehead atoms. The predicted octanol–water partition coefficient (Wildman–Crippen LogP) is 4.42. The summed E-state index contributed by atoms with van der Waals surface area (Å²) in [5, 5.41) is 3.40. The van der Waals surface area contributed by atoms with Gasteiger partial charge in [-0.3, -0.25) is 9.59 Å². The van der Waals surface area contributed by atoms with Gasteiger partial charge in [-0.05, 0) is 81.3 Å². The fourth-order valence-electron chi connectivity index (χ4n) is 7.12. The lowest BCUT2D eigenvalue weighted by Gasteiger charge is -2.56. The highest BCUT2D eigenvalue weighted by atomic mass is 32.2. The van der Waals surface area contributed by atoms with Crippen LogP contribution in [0.15, 0.2) is 29.2 Å². The number of amides is 2. The third kappa shape index (κ3) is 5.45. The molecule has 6 nitrogen and oxygen atoms in total. The second-order valence-corrected chi connectivity index (χ2v) is 11.9. The summed E-state index contributed by atoms with van der Waals surface area (Å²) >= 11 is 1.37. The van der Waals surface area contributed by atoms with Crippen molar-refractivity contribution in [3.63, 3.8) is 0 Å². The third-order valence-corrected chi connectivity index (χ3v) is 9.27. The summed E-state index contributed by atoms with van der Waals surface area (Å²) in [4.78, 5) is 40.7. The fraction of sp³-hybridized carbons (Fsp3) is 0.667. The number of carbonyl (C=O) groups is 3. The molecule has 0 radical (unpaired) electrons. The van der Waals surface area contributed by atoms with Crippen LogP contribution in [-0.2, 0) is 14.3 Å². The summed E-state index contributed by atoms with van der Waals surface area (Å²) in [5.74, 6) is 2.04. The van der Waals surface area contributed by atoms with Crippen LogP contribution in [0.5, 0.6) is 0 Å². The first kappa shape index (κ1) is 23.7. The number of rotatable bonds is 7. The number of thioether (sulfide) groups is 1. The lowest BCUT2D eigenvalue weighted by Crippen LogP contribution is -2.60. The molecule has 1 aromatic carbocycles. The van der Waals surface area contributed by atoms with E-state index in [0.29, 0.717) is 5.56 Å². The van der Waals surface area contributed by atoms with Gasteiger partial charge in [0.2, 0.25) is 5.91 Å². The molecule has 0 unspecified atom stereocenters. The van der Waals surface area contributed by atoms with Crippen molar-refractivity contribution >= 4 is 29.5 Å². The highest BCUT2D eigenvalue weighted by molar-refractivity contribution is 8.00. The quantitative estimate of drug-likeness (QED) is 0.458. The molecule has 1 aromatic rings. The van der Waals surface area contributed by atoms with E-state index < -0.39 is 5.97 Å². The number of hydrogen-bond acceptors (Lipinski definition) is 5. The zero-order valence-electron chi connectivity index (χ0n) is 19.9. The lowest BCUT2D eigenvalue weighted by molar-refractivity contribution is -0.134. The first-order chi connectivity index (χ1) is 16.5. The molecule has 5 aliphatic rings. The van der Waals surface area contributed by atoms with Gasteiger partial charge in [0.05, 0.1) is 11.3 Å². The predicted molar refractivity (Wildman–Crippen MR) is 132 cm³/mol. The van der Waals surface area contributed by atoms with E-state index in [1.165, 1.54) is 31.0 Å². The SMILES string of the molecule is O=C(CSc1ccccc1C(=O)OCC(=O)N1CCCCCC1)NC12CC3CC(CC(C3)C1)C2. The van der Waals surface area contributed by atoms with Gasteiger partial charge in [-0.2, -0.15) is 0 Å². The molecule has 1 aliphatic heterocycles. The molecule has 34 heavy (non-hydrogen) atoms. The van der Waals surface area contributed by atoms with Gasteiger partial charge in [0.15, 0.2) is 6.61 Å².